The number of carbonyl (C=O) groups excluding carboxylic acids is 3. The second kappa shape index (κ2) is 8.89. The SMILES string of the molecule is CCCCOC(=O)C1(OC(C)=O)CCCCC1C(=O)OC(C)C. The molecule has 0 saturated heterocycles. The van der Waals surface area contributed by atoms with Gasteiger partial charge in [-0.1, -0.05) is 19.8 Å². The van der Waals surface area contributed by atoms with E-state index >= 15 is 0 Å². The monoisotopic (exact) mass is 328 g/mol. The second-order valence-corrected chi connectivity index (χ2v) is 6.26. The first kappa shape index (κ1) is 19.5. The molecule has 0 bridgehead atoms. The molecule has 0 aromatic rings. The molecule has 23 heavy (non-hydrogen) atoms. The Morgan fingerprint density at radius 3 is 2.48 bits per heavy atom. The number of esters is 3. The van der Waals surface area contributed by atoms with Gasteiger partial charge in [-0.15, -0.1) is 0 Å². The molecule has 0 amide bonds. The minimum atomic E-state index is -1.55. The Kier molecular flexibility index (Phi) is 7.52. The Morgan fingerprint density at radius 1 is 1.22 bits per heavy atom. The molecular weight excluding hydrogens is 300 g/mol. The quantitative estimate of drug-likeness (QED) is 0.406. The third-order valence-corrected chi connectivity index (χ3v) is 3.89. The molecule has 1 aliphatic rings. The summed E-state index contributed by atoms with van der Waals surface area (Å²) in [6.45, 7) is 6.96. The van der Waals surface area contributed by atoms with Crippen LogP contribution in [0.3, 0.4) is 0 Å². The number of hydrogen-bond donors (Lipinski definition) is 0. The molecule has 1 rings (SSSR count). The maximum Gasteiger partial charge on any atom is 0.351 e. The summed E-state index contributed by atoms with van der Waals surface area (Å²) in [4.78, 5) is 36.6. The van der Waals surface area contributed by atoms with Crippen molar-refractivity contribution in [3.05, 3.63) is 0 Å². The van der Waals surface area contributed by atoms with E-state index in [0.717, 1.165) is 19.3 Å². The molecule has 0 aliphatic heterocycles. The maximum atomic E-state index is 12.6. The highest BCUT2D eigenvalue weighted by Crippen LogP contribution is 2.39. The van der Waals surface area contributed by atoms with Gasteiger partial charge in [0.2, 0.25) is 5.60 Å². The molecule has 0 N–H and O–H groups in total. The summed E-state index contributed by atoms with van der Waals surface area (Å²) in [5.41, 5.74) is -1.55. The summed E-state index contributed by atoms with van der Waals surface area (Å²) in [6, 6.07) is 0. The zero-order valence-electron chi connectivity index (χ0n) is 14.6. The molecule has 0 aromatic heterocycles. The lowest BCUT2D eigenvalue weighted by atomic mass is 9.75. The van der Waals surface area contributed by atoms with Crippen molar-refractivity contribution in [1.82, 2.24) is 0 Å². The van der Waals surface area contributed by atoms with Crippen molar-refractivity contribution in [3.8, 4) is 0 Å². The lowest BCUT2D eigenvalue weighted by molar-refractivity contribution is -0.200. The average molecular weight is 328 g/mol. The van der Waals surface area contributed by atoms with Crippen molar-refractivity contribution in [2.45, 2.75) is 77.9 Å². The fraction of sp³-hybridized carbons (Fsp3) is 0.824. The number of hydrogen-bond acceptors (Lipinski definition) is 6. The molecule has 1 saturated carbocycles. The summed E-state index contributed by atoms with van der Waals surface area (Å²) >= 11 is 0. The van der Waals surface area contributed by atoms with E-state index in [0.29, 0.717) is 12.8 Å². The molecule has 6 heteroatoms. The molecule has 0 spiro atoms. The fourth-order valence-electron chi connectivity index (χ4n) is 2.86. The molecule has 2 atom stereocenters. The van der Waals surface area contributed by atoms with E-state index in [1.165, 1.54) is 6.92 Å². The Bertz CT molecular complexity index is 431. The predicted molar refractivity (Wildman–Crippen MR) is 83.6 cm³/mol. The topological polar surface area (TPSA) is 78.9 Å². The zero-order valence-corrected chi connectivity index (χ0v) is 14.6. The predicted octanol–water partition coefficient (Wildman–Crippen LogP) is 2.77. The Balaban J connectivity index is 3.03. The molecule has 1 aliphatic carbocycles. The van der Waals surface area contributed by atoms with Crippen LogP contribution in [0, 0.1) is 5.92 Å². The molecule has 2 unspecified atom stereocenters. The maximum absolute atomic E-state index is 12.6. The molecule has 6 nitrogen and oxygen atoms in total. The fourth-order valence-corrected chi connectivity index (χ4v) is 2.86. The van der Waals surface area contributed by atoms with E-state index in [-0.39, 0.29) is 19.1 Å². The number of unbranched alkanes of at least 4 members (excludes halogenated alkanes) is 1. The van der Waals surface area contributed by atoms with Crippen LogP contribution >= 0.6 is 0 Å². The van der Waals surface area contributed by atoms with E-state index in [1.54, 1.807) is 13.8 Å². The minimum absolute atomic E-state index is 0.254. The summed E-state index contributed by atoms with van der Waals surface area (Å²) in [5.74, 6) is -2.54. The van der Waals surface area contributed by atoms with Crippen LogP contribution in [0.2, 0.25) is 0 Å². The van der Waals surface area contributed by atoms with Gasteiger partial charge in [-0.3, -0.25) is 9.59 Å². The van der Waals surface area contributed by atoms with Crippen molar-refractivity contribution in [2.24, 2.45) is 5.92 Å². The summed E-state index contributed by atoms with van der Waals surface area (Å²) in [7, 11) is 0. The largest absolute Gasteiger partial charge is 0.463 e. The van der Waals surface area contributed by atoms with Crippen LogP contribution in [0.4, 0.5) is 0 Å². The first-order valence-corrected chi connectivity index (χ1v) is 8.40. The Labute approximate surface area is 137 Å². The highest BCUT2D eigenvalue weighted by molar-refractivity contribution is 5.90. The van der Waals surface area contributed by atoms with Crippen LogP contribution in [0.25, 0.3) is 0 Å². The van der Waals surface area contributed by atoms with Crippen LogP contribution in [0.15, 0.2) is 0 Å². The van der Waals surface area contributed by atoms with E-state index in [4.69, 9.17) is 14.2 Å². The number of carbonyl (C=O) groups is 3. The molecule has 0 radical (unpaired) electrons. The van der Waals surface area contributed by atoms with Gasteiger partial charge in [0.15, 0.2) is 0 Å². The lowest BCUT2D eigenvalue weighted by Crippen LogP contribution is -2.55. The zero-order chi connectivity index (χ0) is 17.5. The normalized spacial score (nSPS) is 24.1. The van der Waals surface area contributed by atoms with Crippen molar-refractivity contribution < 1.29 is 28.6 Å². The molecule has 132 valence electrons. The van der Waals surface area contributed by atoms with Crippen molar-refractivity contribution in [3.63, 3.8) is 0 Å². The van der Waals surface area contributed by atoms with Gasteiger partial charge in [-0.25, -0.2) is 4.79 Å². The van der Waals surface area contributed by atoms with Gasteiger partial charge in [-0.05, 0) is 39.5 Å². The van der Waals surface area contributed by atoms with Gasteiger partial charge in [0.05, 0.1) is 12.7 Å². The average Bonchev–Trinajstić information content (AvgIpc) is 2.46. The Morgan fingerprint density at radius 2 is 1.91 bits per heavy atom. The van der Waals surface area contributed by atoms with Gasteiger partial charge in [0.25, 0.3) is 0 Å². The van der Waals surface area contributed by atoms with Crippen molar-refractivity contribution >= 4 is 17.9 Å². The third kappa shape index (κ3) is 5.22. The van der Waals surface area contributed by atoms with Crippen LogP contribution in [0.5, 0.6) is 0 Å². The molecule has 0 heterocycles. The minimum Gasteiger partial charge on any atom is -0.463 e. The molecular formula is C17H28O6. The van der Waals surface area contributed by atoms with Gasteiger partial charge >= 0.3 is 17.9 Å². The highest BCUT2D eigenvalue weighted by atomic mass is 16.6. The van der Waals surface area contributed by atoms with Crippen LogP contribution < -0.4 is 0 Å². The van der Waals surface area contributed by atoms with Crippen LogP contribution in [-0.4, -0.2) is 36.2 Å². The molecule has 1 fully saturated rings. The smallest absolute Gasteiger partial charge is 0.351 e. The first-order chi connectivity index (χ1) is 10.8. The van der Waals surface area contributed by atoms with Crippen molar-refractivity contribution in [1.29, 1.82) is 0 Å². The standard InChI is InChI=1S/C17H28O6/c1-5-6-11-21-16(20)17(23-13(4)18)10-8-7-9-14(17)15(19)22-12(2)3/h12,14H,5-11H2,1-4H3. The number of rotatable bonds is 7. The third-order valence-electron chi connectivity index (χ3n) is 3.89. The Hall–Kier alpha value is -1.59. The molecule has 0 aromatic carbocycles. The first-order valence-electron chi connectivity index (χ1n) is 8.40. The lowest BCUT2D eigenvalue weighted by Gasteiger charge is -2.39. The summed E-state index contributed by atoms with van der Waals surface area (Å²) < 4.78 is 15.9. The number of ether oxygens (including phenoxy) is 3. The van der Waals surface area contributed by atoms with Gasteiger partial charge < -0.3 is 14.2 Å². The van der Waals surface area contributed by atoms with Gasteiger partial charge in [0.1, 0.15) is 5.92 Å². The van der Waals surface area contributed by atoms with Gasteiger partial charge in [0, 0.05) is 6.92 Å². The van der Waals surface area contributed by atoms with Gasteiger partial charge in [-0.2, -0.15) is 0 Å². The summed E-state index contributed by atoms with van der Waals surface area (Å²) in [6.07, 6.45) is 3.52. The van der Waals surface area contributed by atoms with Crippen LogP contribution in [0.1, 0.15) is 66.2 Å². The second-order valence-electron chi connectivity index (χ2n) is 6.26. The van der Waals surface area contributed by atoms with E-state index < -0.39 is 29.4 Å². The summed E-state index contributed by atoms with van der Waals surface area (Å²) in [5, 5.41) is 0. The van der Waals surface area contributed by atoms with Crippen molar-refractivity contribution in [2.75, 3.05) is 6.61 Å². The van der Waals surface area contributed by atoms with E-state index in [1.807, 2.05) is 6.92 Å². The highest BCUT2D eigenvalue weighted by Gasteiger charge is 2.55. The van der Waals surface area contributed by atoms with E-state index in [2.05, 4.69) is 0 Å². The van der Waals surface area contributed by atoms with Crippen LogP contribution in [-0.2, 0) is 28.6 Å². The van der Waals surface area contributed by atoms with E-state index in [9.17, 15) is 14.4 Å².